The molecule has 1 rings (SSSR count). The molecular formula is C12H16FN. The van der Waals surface area contributed by atoms with Crippen molar-refractivity contribution in [1.82, 2.24) is 0 Å². The Morgan fingerprint density at radius 2 is 2.07 bits per heavy atom. The Morgan fingerprint density at radius 1 is 1.43 bits per heavy atom. The number of benzene rings is 1. The van der Waals surface area contributed by atoms with Gasteiger partial charge in [0.1, 0.15) is 5.82 Å². The van der Waals surface area contributed by atoms with E-state index >= 15 is 0 Å². The average Bonchev–Trinajstić information content (AvgIpc) is 2.16. The monoisotopic (exact) mass is 193 g/mol. The highest BCUT2D eigenvalue weighted by atomic mass is 19.1. The minimum atomic E-state index is -0.182. The smallest absolute Gasteiger partial charge is 0.123 e. The molecule has 0 N–H and O–H groups in total. The van der Waals surface area contributed by atoms with Crippen LogP contribution in [0, 0.1) is 5.82 Å². The van der Waals surface area contributed by atoms with Gasteiger partial charge < -0.3 is 0 Å². The van der Waals surface area contributed by atoms with Crippen molar-refractivity contribution >= 4 is 12.4 Å². The van der Waals surface area contributed by atoms with Crippen LogP contribution in [0.5, 0.6) is 0 Å². The summed E-state index contributed by atoms with van der Waals surface area (Å²) >= 11 is 0. The Balaban J connectivity index is 3.39. The molecule has 0 saturated carbocycles. The van der Waals surface area contributed by atoms with Gasteiger partial charge in [0.2, 0.25) is 0 Å². The van der Waals surface area contributed by atoms with Crippen molar-refractivity contribution in [2.45, 2.75) is 33.1 Å². The van der Waals surface area contributed by atoms with Crippen molar-refractivity contribution in [3.05, 3.63) is 29.1 Å². The lowest BCUT2D eigenvalue weighted by Gasteiger charge is -2.12. The molecule has 0 atom stereocenters. The molecule has 0 fully saturated rings. The fourth-order valence-electron chi connectivity index (χ4n) is 1.58. The first kappa shape index (κ1) is 10.9. The minimum absolute atomic E-state index is 0.182. The first-order valence-electron chi connectivity index (χ1n) is 4.89. The summed E-state index contributed by atoms with van der Waals surface area (Å²) in [5, 5.41) is 0. The van der Waals surface area contributed by atoms with Crippen LogP contribution in [0.15, 0.2) is 17.1 Å². The second-order valence-corrected chi connectivity index (χ2v) is 3.67. The van der Waals surface area contributed by atoms with E-state index in [1.54, 1.807) is 6.07 Å². The van der Waals surface area contributed by atoms with E-state index in [1.165, 1.54) is 6.07 Å². The van der Waals surface area contributed by atoms with E-state index in [1.807, 2.05) is 20.8 Å². The summed E-state index contributed by atoms with van der Waals surface area (Å²) in [5.74, 6) is 0.0921. The van der Waals surface area contributed by atoms with Gasteiger partial charge in [-0.05, 0) is 42.3 Å². The third-order valence-electron chi connectivity index (χ3n) is 2.34. The molecule has 0 unspecified atom stereocenters. The Bertz CT molecular complexity index is 342. The van der Waals surface area contributed by atoms with Gasteiger partial charge >= 0.3 is 0 Å². The fourth-order valence-corrected chi connectivity index (χ4v) is 1.58. The molecule has 1 aromatic rings. The van der Waals surface area contributed by atoms with E-state index in [0.717, 1.165) is 23.2 Å². The first-order valence-corrected chi connectivity index (χ1v) is 4.89. The Kier molecular flexibility index (Phi) is 3.39. The lowest BCUT2D eigenvalue weighted by Crippen LogP contribution is -1.94. The van der Waals surface area contributed by atoms with E-state index in [0.29, 0.717) is 0 Å². The van der Waals surface area contributed by atoms with Crippen LogP contribution in [0.25, 0.3) is 0 Å². The van der Waals surface area contributed by atoms with Crippen LogP contribution < -0.4 is 0 Å². The van der Waals surface area contributed by atoms with Crippen LogP contribution in [0.1, 0.15) is 37.8 Å². The molecule has 1 nitrogen and oxygen atoms in total. The lowest BCUT2D eigenvalue weighted by atomic mass is 9.96. The summed E-state index contributed by atoms with van der Waals surface area (Å²) in [6.07, 6.45) is 0.784. The molecule has 0 spiro atoms. The second-order valence-electron chi connectivity index (χ2n) is 3.67. The lowest BCUT2D eigenvalue weighted by molar-refractivity contribution is 0.621. The third kappa shape index (κ3) is 2.00. The number of rotatable bonds is 3. The van der Waals surface area contributed by atoms with E-state index in [4.69, 9.17) is 0 Å². The van der Waals surface area contributed by atoms with Crippen molar-refractivity contribution in [3.63, 3.8) is 0 Å². The second kappa shape index (κ2) is 4.36. The highest BCUT2D eigenvalue weighted by molar-refractivity contribution is 5.58. The Morgan fingerprint density at radius 3 is 2.50 bits per heavy atom. The average molecular weight is 193 g/mol. The van der Waals surface area contributed by atoms with Crippen molar-refractivity contribution in [2.75, 3.05) is 0 Å². The van der Waals surface area contributed by atoms with Gasteiger partial charge in [-0.2, -0.15) is 0 Å². The summed E-state index contributed by atoms with van der Waals surface area (Å²) in [4.78, 5) is 3.99. The van der Waals surface area contributed by atoms with Crippen molar-refractivity contribution < 1.29 is 4.39 Å². The Hall–Kier alpha value is -1.18. The molecule has 1 aromatic carbocycles. The van der Waals surface area contributed by atoms with Crippen LogP contribution >= 0.6 is 0 Å². The van der Waals surface area contributed by atoms with Gasteiger partial charge in [-0.1, -0.05) is 20.8 Å². The van der Waals surface area contributed by atoms with Crippen molar-refractivity contribution in [1.29, 1.82) is 0 Å². The fraction of sp³-hybridized carbons (Fsp3) is 0.417. The number of halogens is 1. The number of aliphatic imine (C=N–C) groups is 1. The topological polar surface area (TPSA) is 12.4 Å². The van der Waals surface area contributed by atoms with Gasteiger partial charge in [-0.15, -0.1) is 0 Å². The molecule has 0 aliphatic heterocycles. The van der Waals surface area contributed by atoms with Crippen molar-refractivity contribution in [3.8, 4) is 0 Å². The summed E-state index contributed by atoms with van der Waals surface area (Å²) in [6, 6.07) is 3.09. The van der Waals surface area contributed by atoms with Gasteiger partial charge in [-0.3, -0.25) is 4.99 Å². The molecule has 2 heteroatoms. The van der Waals surface area contributed by atoms with E-state index < -0.39 is 0 Å². The van der Waals surface area contributed by atoms with Gasteiger partial charge in [0.15, 0.2) is 0 Å². The molecule has 76 valence electrons. The third-order valence-corrected chi connectivity index (χ3v) is 2.34. The summed E-state index contributed by atoms with van der Waals surface area (Å²) in [6.45, 7) is 9.59. The van der Waals surface area contributed by atoms with Crippen LogP contribution in [-0.4, -0.2) is 6.72 Å². The van der Waals surface area contributed by atoms with Crippen LogP contribution in [-0.2, 0) is 6.42 Å². The zero-order chi connectivity index (χ0) is 10.7. The Labute approximate surface area is 84.7 Å². The molecular weight excluding hydrogens is 177 g/mol. The number of aryl methyl sites for hydroxylation is 1. The SMILES string of the molecule is C=Nc1c(CC)cc(F)cc1C(C)C. The maximum Gasteiger partial charge on any atom is 0.123 e. The normalized spacial score (nSPS) is 10.6. The van der Waals surface area contributed by atoms with E-state index in [9.17, 15) is 4.39 Å². The highest BCUT2D eigenvalue weighted by Crippen LogP contribution is 2.31. The largest absolute Gasteiger partial charge is 0.264 e. The molecule has 0 heterocycles. The molecule has 0 saturated heterocycles. The minimum Gasteiger partial charge on any atom is -0.264 e. The molecule has 0 aliphatic rings. The summed E-state index contributed by atoms with van der Waals surface area (Å²) in [5.41, 5.74) is 2.73. The van der Waals surface area contributed by atoms with E-state index in [-0.39, 0.29) is 11.7 Å². The molecule has 0 bridgehead atoms. The molecule has 14 heavy (non-hydrogen) atoms. The van der Waals surface area contributed by atoms with Crippen LogP contribution in [0.2, 0.25) is 0 Å². The summed E-state index contributed by atoms with van der Waals surface area (Å²) < 4.78 is 13.2. The predicted molar refractivity (Wildman–Crippen MR) is 59.1 cm³/mol. The predicted octanol–water partition coefficient (Wildman–Crippen LogP) is 3.84. The van der Waals surface area contributed by atoms with Crippen molar-refractivity contribution in [2.24, 2.45) is 4.99 Å². The summed E-state index contributed by atoms with van der Waals surface area (Å²) in [7, 11) is 0. The number of nitrogens with zero attached hydrogens (tertiary/aromatic N) is 1. The molecule has 0 aliphatic carbocycles. The number of hydrogen-bond acceptors (Lipinski definition) is 1. The highest BCUT2D eigenvalue weighted by Gasteiger charge is 2.11. The maximum absolute atomic E-state index is 13.2. The van der Waals surface area contributed by atoms with Crippen LogP contribution in [0.3, 0.4) is 0 Å². The number of hydrogen-bond donors (Lipinski definition) is 0. The molecule has 0 aromatic heterocycles. The first-order chi connectivity index (χ1) is 6.60. The van der Waals surface area contributed by atoms with Gasteiger partial charge in [0.25, 0.3) is 0 Å². The standard InChI is InChI=1S/C12H16FN/c1-5-9-6-10(13)7-11(8(2)3)12(9)14-4/h6-8H,4-5H2,1-3H3. The zero-order valence-electron chi connectivity index (χ0n) is 8.97. The quantitative estimate of drug-likeness (QED) is 0.647. The van der Waals surface area contributed by atoms with Gasteiger partial charge in [0, 0.05) is 0 Å². The van der Waals surface area contributed by atoms with Gasteiger partial charge in [0.05, 0.1) is 5.69 Å². The van der Waals surface area contributed by atoms with E-state index in [2.05, 4.69) is 11.7 Å². The molecule has 0 radical (unpaired) electrons. The molecule has 0 amide bonds. The zero-order valence-corrected chi connectivity index (χ0v) is 8.97. The van der Waals surface area contributed by atoms with Crippen LogP contribution in [0.4, 0.5) is 10.1 Å². The van der Waals surface area contributed by atoms with Gasteiger partial charge in [-0.25, -0.2) is 4.39 Å². The maximum atomic E-state index is 13.2.